The Kier molecular flexibility index (Phi) is 7.49. The van der Waals surface area contributed by atoms with Crippen molar-refractivity contribution in [2.24, 2.45) is 5.84 Å². The average molecular weight is 239 g/mol. The van der Waals surface area contributed by atoms with Crippen molar-refractivity contribution in [1.82, 2.24) is 10.4 Å². The third kappa shape index (κ3) is 6.33. The number of aromatic nitrogens is 1. The first kappa shape index (κ1) is 14.1. The SMILES string of the molecule is COCCOCCC(Cc1cccnc1)NN. The van der Waals surface area contributed by atoms with Gasteiger partial charge in [-0.25, -0.2) is 0 Å². The van der Waals surface area contributed by atoms with Gasteiger partial charge in [0.1, 0.15) is 0 Å². The summed E-state index contributed by atoms with van der Waals surface area (Å²) in [5.41, 5.74) is 3.98. The highest BCUT2D eigenvalue weighted by molar-refractivity contribution is 5.09. The predicted octanol–water partition coefficient (Wildman–Crippen LogP) is 0.509. The van der Waals surface area contributed by atoms with Gasteiger partial charge in [-0.05, 0) is 24.5 Å². The Morgan fingerprint density at radius 2 is 2.29 bits per heavy atom. The quantitative estimate of drug-likeness (QED) is 0.373. The summed E-state index contributed by atoms with van der Waals surface area (Å²) in [4.78, 5) is 4.08. The summed E-state index contributed by atoms with van der Waals surface area (Å²) in [7, 11) is 1.66. The standard InChI is InChI=1S/C12H21N3O2/c1-16-7-8-17-6-4-12(15-13)9-11-3-2-5-14-10-11/h2-3,5,10,12,15H,4,6-9,13H2,1H3. The molecule has 0 aliphatic heterocycles. The van der Waals surface area contributed by atoms with Gasteiger partial charge in [0.05, 0.1) is 13.2 Å². The second-order valence-corrected chi connectivity index (χ2v) is 3.82. The van der Waals surface area contributed by atoms with Crippen molar-refractivity contribution in [3.63, 3.8) is 0 Å². The normalized spacial score (nSPS) is 12.6. The van der Waals surface area contributed by atoms with Crippen LogP contribution < -0.4 is 11.3 Å². The van der Waals surface area contributed by atoms with Crippen molar-refractivity contribution in [3.05, 3.63) is 30.1 Å². The third-order valence-corrected chi connectivity index (χ3v) is 2.48. The number of methoxy groups -OCH3 is 1. The number of hydrazine groups is 1. The Hall–Kier alpha value is -1.01. The lowest BCUT2D eigenvalue weighted by Gasteiger charge is -2.15. The summed E-state index contributed by atoms with van der Waals surface area (Å²) in [6.45, 7) is 1.93. The lowest BCUT2D eigenvalue weighted by Crippen LogP contribution is -2.37. The van der Waals surface area contributed by atoms with Gasteiger partial charge in [-0.1, -0.05) is 6.07 Å². The molecule has 0 aromatic carbocycles. The van der Waals surface area contributed by atoms with Gasteiger partial charge in [-0.3, -0.25) is 16.3 Å². The van der Waals surface area contributed by atoms with E-state index in [0.29, 0.717) is 19.8 Å². The summed E-state index contributed by atoms with van der Waals surface area (Å²) in [5, 5.41) is 0. The number of hydrogen-bond acceptors (Lipinski definition) is 5. The number of nitrogens with zero attached hydrogens (tertiary/aromatic N) is 1. The molecule has 0 saturated carbocycles. The molecule has 17 heavy (non-hydrogen) atoms. The van der Waals surface area contributed by atoms with E-state index in [1.807, 2.05) is 18.3 Å². The first-order chi connectivity index (χ1) is 8.36. The molecule has 3 N–H and O–H groups in total. The first-order valence-electron chi connectivity index (χ1n) is 5.78. The largest absolute Gasteiger partial charge is 0.382 e. The smallest absolute Gasteiger partial charge is 0.0700 e. The maximum absolute atomic E-state index is 5.51. The average Bonchev–Trinajstić information content (AvgIpc) is 2.38. The monoisotopic (exact) mass is 239 g/mol. The van der Waals surface area contributed by atoms with Gasteiger partial charge in [0.15, 0.2) is 0 Å². The molecule has 1 heterocycles. The van der Waals surface area contributed by atoms with Crippen molar-refractivity contribution >= 4 is 0 Å². The van der Waals surface area contributed by atoms with Crippen LogP contribution in [0, 0.1) is 0 Å². The van der Waals surface area contributed by atoms with Gasteiger partial charge in [-0.2, -0.15) is 0 Å². The Morgan fingerprint density at radius 1 is 1.41 bits per heavy atom. The first-order valence-corrected chi connectivity index (χ1v) is 5.78. The van der Waals surface area contributed by atoms with E-state index in [4.69, 9.17) is 15.3 Å². The molecule has 0 amide bonds. The van der Waals surface area contributed by atoms with Crippen LogP contribution >= 0.6 is 0 Å². The van der Waals surface area contributed by atoms with Crippen molar-refractivity contribution in [1.29, 1.82) is 0 Å². The van der Waals surface area contributed by atoms with Crippen LogP contribution in [0.1, 0.15) is 12.0 Å². The zero-order chi connectivity index (χ0) is 12.3. The molecule has 1 aromatic rings. The van der Waals surface area contributed by atoms with Gasteiger partial charge in [0, 0.05) is 32.2 Å². The molecule has 5 nitrogen and oxygen atoms in total. The minimum atomic E-state index is 0.210. The van der Waals surface area contributed by atoms with Crippen LogP contribution in [0.4, 0.5) is 0 Å². The second-order valence-electron chi connectivity index (χ2n) is 3.82. The van der Waals surface area contributed by atoms with E-state index in [1.54, 1.807) is 13.3 Å². The van der Waals surface area contributed by atoms with E-state index in [0.717, 1.165) is 12.8 Å². The maximum atomic E-state index is 5.51. The molecule has 0 aliphatic carbocycles. The maximum Gasteiger partial charge on any atom is 0.0700 e. The molecule has 0 bridgehead atoms. The molecule has 5 heteroatoms. The van der Waals surface area contributed by atoms with Gasteiger partial charge < -0.3 is 9.47 Å². The second kappa shape index (κ2) is 9.07. The van der Waals surface area contributed by atoms with E-state index in [1.165, 1.54) is 5.56 Å². The van der Waals surface area contributed by atoms with Crippen LogP contribution in [-0.4, -0.2) is 38.0 Å². The number of rotatable bonds is 9. The Morgan fingerprint density at radius 3 is 2.94 bits per heavy atom. The topological polar surface area (TPSA) is 69.4 Å². The van der Waals surface area contributed by atoms with Crippen LogP contribution in [0.5, 0.6) is 0 Å². The molecule has 1 atom stereocenters. The molecule has 1 aromatic heterocycles. The van der Waals surface area contributed by atoms with Gasteiger partial charge in [0.25, 0.3) is 0 Å². The highest BCUT2D eigenvalue weighted by Gasteiger charge is 2.07. The van der Waals surface area contributed by atoms with E-state index in [2.05, 4.69) is 10.4 Å². The lowest BCUT2D eigenvalue weighted by molar-refractivity contribution is 0.0658. The van der Waals surface area contributed by atoms with Crippen molar-refractivity contribution in [3.8, 4) is 0 Å². The fourth-order valence-corrected chi connectivity index (χ4v) is 1.52. The zero-order valence-corrected chi connectivity index (χ0v) is 10.3. The molecule has 1 rings (SSSR count). The summed E-state index contributed by atoms with van der Waals surface area (Å²) in [6.07, 6.45) is 5.35. The predicted molar refractivity (Wildman–Crippen MR) is 66.4 cm³/mol. The van der Waals surface area contributed by atoms with Crippen LogP contribution in [0.25, 0.3) is 0 Å². The number of pyridine rings is 1. The fourth-order valence-electron chi connectivity index (χ4n) is 1.52. The van der Waals surface area contributed by atoms with Crippen molar-refractivity contribution < 1.29 is 9.47 Å². The van der Waals surface area contributed by atoms with Crippen LogP contribution in [0.2, 0.25) is 0 Å². The lowest BCUT2D eigenvalue weighted by atomic mass is 10.1. The van der Waals surface area contributed by atoms with Crippen LogP contribution in [0.3, 0.4) is 0 Å². The Balaban J connectivity index is 2.20. The van der Waals surface area contributed by atoms with E-state index >= 15 is 0 Å². The van der Waals surface area contributed by atoms with Gasteiger partial charge >= 0.3 is 0 Å². The summed E-state index contributed by atoms with van der Waals surface area (Å²) >= 11 is 0. The van der Waals surface area contributed by atoms with Crippen LogP contribution in [0.15, 0.2) is 24.5 Å². The van der Waals surface area contributed by atoms with Gasteiger partial charge in [-0.15, -0.1) is 0 Å². The minimum absolute atomic E-state index is 0.210. The number of hydrogen-bond donors (Lipinski definition) is 2. The number of nitrogens with one attached hydrogen (secondary N) is 1. The van der Waals surface area contributed by atoms with Gasteiger partial charge in [0.2, 0.25) is 0 Å². The van der Waals surface area contributed by atoms with E-state index in [-0.39, 0.29) is 6.04 Å². The summed E-state index contributed by atoms with van der Waals surface area (Å²) in [5.74, 6) is 5.51. The fraction of sp³-hybridized carbons (Fsp3) is 0.583. The summed E-state index contributed by atoms with van der Waals surface area (Å²) < 4.78 is 10.3. The number of nitrogens with two attached hydrogens (primary N) is 1. The molecule has 0 spiro atoms. The van der Waals surface area contributed by atoms with Crippen molar-refractivity contribution in [2.75, 3.05) is 26.9 Å². The molecule has 0 saturated heterocycles. The van der Waals surface area contributed by atoms with E-state index < -0.39 is 0 Å². The molecule has 0 radical (unpaired) electrons. The summed E-state index contributed by atoms with van der Waals surface area (Å²) in [6, 6.07) is 4.18. The molecule has 1 unspecified atom stereocenters. The van der Waals surface area contributed by atoms with Crippen molar-refractivity contribution in [2.45, 2.75) is 18.9 Å². The highest BCUT2D eigenvalue weighted by Crippen LogP contribution is 2.03. The molecular weight excluding hydrogens is 218 g/mol. The third-order valence-electron chi connectivity index (χ3n) is 2.48. The van der Waals surface area contributed by atoms with E-state index in [9.17, 15) is 0 Å². The molecule has 0 aliphatic rings. The number of ether oxygens (including phenoxy) is 2. The highest BCUT2D eigenvalue weighted by atomic mass is 16.5. The minimum Gasteiger partial charge on any atom is -0.382 e. The van der Waals surface area contributed by atoms with Crippen LogP contribution in [-0.2, 0) is 15.9 Å². The molecule has 96 valence electrons. The molecule has 0 fully saturated rings. The Labute approximate surface area is 102 Å². The zero-order valence-electron chi connectivity index (χ0n) is 10.3. The Bertz CT molecular complexity index is 282. The molecular formula is C12H21N3O2.